The number of nitrogens with one attached hydrogen (secondary N) is 1. The number of benzene rings is 2. The maximum atomic E-state index is 12.8. The van der Waals surface area contributed by atoms with Crippen LogP contribution in [0.3, 0.4) is 0 Å². The molecule has 0 spiro atoms. The molecule has 0 fully saturated rings. The van der Waals surface area contributed by atoms with Crippen LogP contribution in [0.25, 0.3) is 0 Å². The number of hydrogen-bond acceptors (Lipinski definition) is 6. The predicted octanol–water partition coefficient (Wildman–Crippen LogP) is 3.32. The minimum Gasteiger partial charge on any atom is -0.497 e. The van der Waals surface area contributed by atoms with Gasteiger partial charge in [0.1, 0.15) is 16.8 Å². The highest BCUT2D eigenvalue weighted by Gasteiger charge is 2.18. The first-order valence-corrected chi connectivity index (χ1v) is 9.45. The molecule has 0 heterocycles. The fourth-order valence-electron chi connectivity index (χ4n) is 2.11. The van der Waals surface area contributed by atoms with E-state index in [-0.39, 0.29) is 24.1 Å². The van der Waals surface area contributed by atoms with Crippen molar-refractivity contribution >= 4 is 35.1 Å². The molecule has 0 saturated carbocycles. The van der Waals surface area contributed by atoms with Gasteiger partial charge in [0.15, 0.2) is 12.4 Å². The van der Waals surface area contributed by atoms with Gasteiger partial charge in [-0.25, -0.2) is 4.39 Å². The normalized spacial score (nSPS) is 11.4. The lowest BCUT2D eigenvalue weighted by Gasteiger charge is -2.11. The average Bonchev–Trinajstić information content (AvgIpc) is 2.71. The first kappa shape index (κ1) is 21.4. The van der Waals surface area contributed by atoms with E-state index < -0.39 is 17.0 Å². The number of ketones is 1. The van der Waals surface area contributed by atoms with Crippen LogP contribution in [0, 0.1) is 5.82 Å². The monoisotopic (exact) mass is 405 g/mol. The lowest BCUT2D eigenvalue weighted by molar-refractivity contribution is -0.141. The molecule has 2 rings (SSSR count). The number of halogens is 1. The van der Waals surface area contributed by atoms with Crippen molar-refractivity contribution < 1.29 is 28.2 Å². The van der Waals surface area contributed by atoms with E-state index in [1.54, 1.807) is 31.2 Å². The quantitative estimate of drug-likeness (QED) is 0.509. The molecule has 0 aliphatic carbocycles. The van der Waals surface area contributed by atoms with Crippen molar-refractivity contribution in [1.82, 2.24) is 0 Å². The van der Waals surface area contributed by atoms with E-state index in [2.05, 4.69) is 5.32 Å². The molecule has 1 atom stereocenters. The summed E-state index contributed by atoms with van der Waals surface area (Å²) in [5, 5.41) is 1.98. The molecule has 28 heavy (non-hydrogen) atoms. The molecule has 0 aliphatic rings. The SMILES string of the molecule is COc1ccc(C(=O)COC(=O)[C@H](C)SCC(=O)Nc2ccc(F)cc2)cc1. The first-order chi connectivity index (χ1) is 13.4. The van der Waals surface area contributed by atoms with Crippen LogP contribution in [0.15, 0.2) is 48.5 Å². The van der Waals surface area contributed by atoms with Crippen LogP contribution >= 0.6 is 11.8 Å². The molecular weight excluding hydrogens is 385 g/mol. The summed E-state index contributed by atoms with van der Waals surface area (Å²) in [5.74, 6) is -1.00. The Morgan fingerprint density at radius 3 is 2.32 bits per heavy atom. The zero-order valence-corrected chi connectivity index (χ0v) is 16.3. The second kappa shape index (κ2) is 10.5. The molecule has 2 aromatic carbocycles. The van der Waals surface area contributed by atoms with Gasteiger partial charge in [0, 0.05) is 11.3 Å². The summed E-state index contributed by atoms with van der Waals surface area (Å²) >= 11 is 1.08. The molecule has 0 radical (unpaired) electrons. The molecule has 6 nitrogen and oxygen atoms in total. The molecule has 148 valence electrons. The Morgan fingerprint density at radius 1 is 1.07 bits per heavy atom. The van der Waals surface area contributed by atoms with E-state index in [0.29, 0.717) is 17.0 Å². The van der Waals surface area contributed by atoms with Gasteiger partial charge in [-0.05, 0) is 55.5 Å². The van der Waals surface area contributed by atoms with Gasteiger partial charge >= 0.3 is 5.97 Å². The molecular formula is C20H20FNO5S. The standard InChI is InChI=1S/C20H20FNO5S/c1-13(28-12-19(24)22-16-7-5-15(21)6-8-16)20(25)27-11-18(23)14-3-9-17(26-2)10-4-14/h3-10,13H,11-12H2,1-2H3,(H,22,24)/t13-/m0/s1. The average molecular weight is 405 g/mol. The highest BCUT2D eigenvalue weighted by atomic mass is 32.2. The van der Waals surface area contributed by atoms with Crippen LogP contribution < -0.4 is 10.1 Å². The summed E-state index contributed by atoms with van der Waals surface area (Å²) in [4.78, 5) is 35.9. The Hall–Kier alpha value is -2.87. The summed E-state index contributed by atoms with van der Waals surface area (Å²) in [6, 6.07) is 11.8. The Balaban J connectivity index is 1.73. The number of amides is 1. The van der Waals surface area contributed by atoms with Gasteiger partial charge in [-0.1, -0.05) is 0 Å². The van der Waals surface area contributed by atoms with Gasteiger partial charge in [-0.15, -0.1) is 11.8 Å². The maximum absolute atomic E-state index is 12.8. The number of carbonyl (C=O) groups is 3. The fourth-order valence-corrected chi connectivity index (χ4v) is 2.79. The largest absolute Gasteiger partial charge is 0.497 e. The van der Waals surface area contributed by atoms with Crippen LogP contribution in [0.4, 0.5) is 10.1 Å². The number of ether oxygens (including phenoxy) is 2. The zero-order valence-electron chi connectivity index (χ0n) is 15.4. The van der Waals surface area contributed by atoms with Crippen molar-refractivity contribution in [3.8, 4) is 5.75 Å². The molecule has 0 aromatic heterocycles. The molecule has 8 heteroatoms. The van der Waals surface area contributed by atoms with Crippen LogP contribution in [-0.4, -0.2) is 42.4 Å². The van der Waals surface area contributed by atoms with Gasteiger partial charge in [-0.3, -0.25) is 14.4 Å². The third kappa shape index (κ3) is 6.70. The van der Waals surface area contributed by atoms with E-state index in [9.17, 15) is 18.8 Å². The molecule has 1 amide bonds. The van der Waals surface area contributed by atoms with Gasteiger partial charge in [0.2, 0.25) is 5.91 Å². The smallest absolute Gasteiger partial charge is 0.319 e. The van der Waals surface area contributed by atoms with Crippen LogP contribution in [-0.2, 0) is 14.3 Å². The molecule has 1 N–H and O–H groups in total. The van der Waals surface area contributed by atoms with E-state index in [0.717, 1.165) is 11.8 Å². The van der Waals surface area contributed by atoms with Gasteiger partial charge in [0.25, 0.3) is 0 Å². The van der Waals surface area contributed by atoms with Crippen molar-refractivity contribution in [1.29, 1.82) is 0 Å². The number of carbonyl (C=O) groups excluding carboxylic acids is 3. The number of methoxy groups -OCH3 is 1. The highest BCUT2D eigenvalue weighted by molar-refractivity contribution is 8.01. The van der Waals surface area contributed by atoms with E-state index in [1.165, 1.54) is 31.4 Å². The Bertz CT molecular complexity index is 823. The van der Waals surface area contributed by atoms with Crippen molar-refractivity contribution in [2.24, 2.45) is 0 Å². The molecule has 0 unspecified atom stereocenters. The van der Waals surface area contributed by atoms with Gasteiger partial charge < -0.3 is 14.8 Å². The second-order valence-electron chi connectivity index (χ2n) is 5.77. The van der Waals surface area contributed by atoms with E-state index in [4.69, 9.17) is 9.47 Å². The number of hydrogen-bond donors (Lipinski definition) is 1. The summed E-state index contributed by atoms with van der Waals surface area (Å²) in [7, 11) is 1.53. The lowest BCUT2D eigenvalue weighted by atomic mass is 10.1. The molecule has 0 bridgehead atoms. The number of Topliss-reactive ketones (excluding diaryl/α,β-unsaturated/α-hetero) is 1. The fraction of sp³-hybridized carbons (Fsp3) is 0.250. The van der Waals surface area contributed by atoms with Crippen LogP contribution in [0.5, 0.6) is 5.75 Å². The third-order valence-corrected chi connectivity index (χ3v) is 4.80. The van der Waals surface area contributed by atoms with Crippen LogP contribution in [0.1, 0.15) is 17.3 Å². The van der Waals surface area contributed by atoms with E-state index in [1.807, 2.05) is 0 Å². The molecule has 0 saturated heterocycles. The topological polar surface area (TPSA) is 81.7 Å². The Kier molecular flexibility index (Phi) is 8.01. The van der Waals surface area contributed by atoms with E-state index >= 15 is 0 Å². The number of anilines is 1. The second-order valence-corrected chi connectivity index (χ2v) is 7.10. The van der Waals surface area contributed by atoms with Gasteiger partial charge in [-0.2, -0.15) is 0 Å². The summed E-state index contributed by atoms with van der Waals surface area (Å²) in [6.45, 7) is 1.22. The minimum absolute atomic E-state index is 0.0140. The van der Waals surface area contributed by atoms with Crippen molar-refractivity contribution in [2.45, 2.75) is 12.2 Å². The number of thioether (sulfide) groups is 1. The molecule has 2 aromatic rings. The van der Waals surface area contributed by atoms with Crippen molar-refractivity contribution in [3.05, 3.63) is 59.9 Å². The first-order valence-electron chi connectivity index (χ1n) is 8.40. The minimum atomic E-state index is -0.623. The number of rotatable bonds is 9. The highest BCUT2D eigenvalue weighted by Crippen LogP contribution is 2.15. The zero-order chi connectivity index (χ0) is 20.5. The van der Waals surface area contributed by atoms with Crippen LogP contribution in [0.2, 0.25) is 0 Å². The lowest BCUT2D eigenvalue weighted by Crippen LogP contribution is -2.23. The number of esters is 1. The van der Waals surface area contributed by atoms with Crippen molar-refractivity contribution in [2.75, 3.05) is 24.8 Å². The summed E-state index contributed by atoms with van der Waals surface area (Å²) in [6.07, 6.45) is 0. The summed E-state index contributed by atoms with van der Waals surface area (Å²) < 4.78 is 22.9. The van der Waals surface area contributed by atoms with Crippen molar-refractivity contribution in [3.63, 3.8) is 0 Å². The van der Waals surface area contributed by atoms with Gasteiger partial charge in [0.05, 0.1) is 12.9 Å². The Morgan fingerprint density at radius 2 is 1.71 bits per heavy atom. The Labute approximate surface area is 166 Å². The molecule has 0 aliphatic heterocycles. The summed E-state index contributed by atoms with van der Waals surface area (Å²) in [5.41, 5.74) is 0.875. The predicted molar refractivity (Wildman–Crippen MR) is 105 cm³/mol. The maximum Gasteiger partial charge on any atom is 0.319 e. The third-order valence-electron chi connectivity index (χ3n) is 3.68.